The van der Waals surface area contributed by atoms with Crippen molar-refractivity contribution < 1.29 is 0 Å². The molecule has 2 heterocycles. The van der Waals surface area contributed by atoms with Crippen molar-refractivity contribution in [1.82, 2.24) is 14.9 Å². The highest BCUT2D eigenvalue weighted by molar-refractivity contribution is 6.32. The molecule has 0 amide bonds. The fourth-order valence-electron chi connectivity index (χ4n) is 2.24. The van der Waals surface area contributed by atoms with Gasteiger partial charge in [-0.3, -0.25) is 0 Å². The number of rotatable bonds is 4. The van der Waals surface area contributed by atoms with Crippen LogP contribution in [0.2, 0.25) is 5.02 Å². The van der Waals surface area contributed by atoms with Crippen LogP contribution in [0.15, 0.2) is 6.20 Å². The highest BCUT2D eigenvalue weighted by atomic mass is 35.5. The third kappa shape index (κ3) is 3.23. The minimum atomic E-state index is 0.247. The smallest absolute Gasteiger partial charge is 0.222 e. The Morgan fingerprint density at radius 2 is 2.39 bits per heavy atom. The maximum atomic E-state index is 6.01. The van der Waals surface area contributed by atoms with E-state index in [9.17, 15) is 0 Å². The van der Waals surface area contributed by atoms with E-state index < -0.39 is 0 Å². The summed E-state index contributed by atoms with van der Waals surface area (Å²) in [5, 5.41) is 3.78. The lowest BCUT2D eigenvalue weighted by Gasteiger charge is -2.20. The molecule has 0 aromatic carbocycles. The summed E-state index contributed by atoms with van der Waals surface area (Å²) < 4.78 is 0. The predicted molar refractivity (Wildman–Crippen MR) is 74.8 cm³/mol. The summed E-state index contributed by atoms with van der Waals surface area (Å²) in [7, 11) is 0. The molecule has 5 nitrogen and oxygen atoms in total. The SMILES string of the molecule is CC(C)N1CCC(CNc2nc(N)ncc2Cl)C1. The Morgan fingerprint density at radius 1 is 1.61 bits per heavy atom. The van der Waals surface area contributed by atoms with Gasteiger partial charge in [-0.25, -0.2) is 4.98 Å². The summed E-state index contributed by atoms with van der Waals surface area (Å²) in [6, 6.07) is 0.619. The lowest BCUT2D eigenvalue weighted by Crippen LogP contribution is -2.29. The molecule has 0 aliphatic carbocycles. The maximum Gasteiger partial charge on any atom is 0.222 e. The van der Waals surface area contributed by atoms with E-state index in [1.165, 1.54) is 19.2 Å². The molecule has 1 fully saturated rings. The van der Waals surface area contributed by atoms with Crippen molar-refractivity contribution in [3.8, 4) is 0 Å². The molecule has 18 heavy (non-hydrogen) atoms. The van der Waals surface area contributed by atoms with Crippen LogP contribution in [0.5, 0.6) is 0 Å². The molecular formula is C12H20ClN5. The molecule has 1 aromatic rings. The van der Waals surface area contributed by atoms with Crippen LogP contribution in [-0.2, 0) is 0 Å². The lowest BCUT2D eigenvalue weighted by atomic mass is 10.1. The molecule has 100 valence electrons. The van der Waals surface area contributed by atoms with Crippen LogP contribution in [0.4, 0.5) is 11.8 Å². The zero-order valence-corrected chi connectivity index (χ0v) is 11.6. The highest BCUT2D eigenvalue weighted by Gasteiger charge is 2.24. The van der Waals surface area contributed by atoms with Crippen LogP contribution >= 0.6 is 11.6 Å². The summed E-state index contributed by atoms with van der Waals surface area (Å²) >= 11 is 6.01. The van der Waals surface area contributed by atoms with E-state index in [0.29, 0.717) is 22.8 Å². The van der Waals surface area contributed by atoms with Gasteiger partial charge < -0.3 is 16.0 Å². The molecule has 1 aromatic heterocycles. The third-order valence-electron chi connectivity index (χ3n) is 3.37. The molecule has 0 saturated carbocycles. The van der Waals surface area contributed by atoms with Crippen molar-refractivity contribution in [2.45, 2.75) is 26.3 Å². The Labute approximate surface area is 113 Å². The number of aromatic nitrogens is 2. The molecule has 2 rings (SSSR count). The largest absolute Gasteiger partial charge is 0.368 e. The van der Waals surface area contributed by atoms with Crippen molar-refractivity contribution in [2.75, 3.05) is 30.7 Å². The van der Waals surface area contributed by atoms with E-state index in [0.717, 1.165) is 13.1 Å². The number of halogens is 1. The van der Waals surface area contributed by atoms with Crippen LogP contribution in [0.1, 0.15) is 20.3 Å². The van der Waals surface area contributed by atoms with Crippen LogP contribution in [0.25, 0.3) is 0 Å². The van der Waals surface area contributed by atoms with Crippen molar-refractivity contribution in [2.24, 2.45) is 5.92 Å². The fourth-order valence-corrected chi connectivity index (χ4v) is 2.40. The number of likely N-dealkylation sites (tertiary alicyclic amines) is 1. The van der Waals surface area contributed by atoms with Gasteiger partial charge in [0, 0.05) is 19.1 Å². The average molecular weight is 270 g/mol. The van der Waals surface area contributed by atoms with Gasteiger partial charge >= 0.3 is 0 Å². The molecule has 0 radical (unpaired) electrons. The molecule has 0 bridgehead atoms. The van der Waals surface area contributed by atoms with Gasteiger partial charge in [-0.1, -0.05) is 11.6 Å². The number of anilines is 2. The van der Waals surface area contributed by atoms with E-state index in [1.807, 2.05) is 0 Å². The monoisotopic (exact) mass is 269 g/mol. The van der Waals surface area contributed by atoms with Crippen LogP contribution in [0, 0.1) is 5.92 Å². The van der Waals surface area contributed by atoms with Crippen LogP contribution < -0.4 is 11.1 Å². The first-order valence-electron chi connectivity index (χ1n) is 6.32. The average Bonchev–Trinajstić information content (AvgIpc) is 2.79. The van der Waals surface area contributed by atoms with E-state index >= 15 is 0 Å². The number of nitrogens with zero attached hydrogens (tertiary/aromatic N) is 3. The highest BCUT2D eigenvalue weighted by Crippen LogP contribution is 2.22. The maximum absolute atomic E-state index is 6.01. The summed E-state index contributed by atoms with van der Waals surface area (Å²) in [6.45, 7) is 7.64. The van der Waals surface area contributed by atoms with Crippen molar-refractivity contribution in [3.63, 3.8) is 0 Å². The number of hydrogen-bond donors (Lipinski definition) is 2. The Balaban J connectivity index is 1.87. The standard InChI is InChI=1S/C12H20ClN5/c1-8(2)18-4-3-9(7-18)5-15-11-10(13)6-16-12(14)17-11/h6,8-9H,3-5,7H2,1-2H3,(H3,14,15,16,17). The first kappa shape index (κ1) is 13.4. The van der Waals surface area contributed by atoms with Gasteiger partial charge in [-0.15, -0.1) is 0 Å². The minimum Gasteiger partial charge on any atom is -0.368 e. The second-order valence-corrected chi connectivity index (χ2v) is 5.46. The van der Waals surface area contributed by atoms with E-state index in [2.05, 4.69) is 34.0 Å². The number of nitrogens with one attached hydrogen (secondary N) is 1. The number of hydrogen-bond acceptors (Lipinski definition) is 5. The van der Waals surface area contributed by atoms with Gasteiger partial charge in [0.15, 0.2) is 0 Å². The molecule has 1 aliphatic heterocycles. The second-order valence-electron chi connectivity index (χ2n) is 5.05. The summed E-state index contributed by atoms with van der Waals surface area (Å²) in [5.41, 5.74) is 5.54. The van der Waals surface area contributed by atoms with E-state index in [-0.39, 0.29) is 5.95 Å². The number of nitrogen functional groups attached to an aromatic ring is 1. The molecule has 1 saturated heterocycles. The quantitative estimate of drug-likeness (QED) is 0.873. The van der Waals surface area contributed by atoms with E-state index in [4.69, 9.17) is 17.3 Å². The van der Waals surface area contributed by atoms with Crippen molar-refractivity contribution >= 4 is 23.4 Å². The van der Waals surface area contributed by atoms with Gasteiger partial charge in [0.05, 0.1) is 6.20 Å². The number of nitrogens with two attached hydrogens (primary N) is 1. The lowest BCUT2D eigenvalue weighted by molar-refractivity contribution is 0.266. The van der Waals surface area contributed by atoms with Gasteiger partial charge in [0.25, 0.3) is 0 Å². The molecule has 0 spiro atoms. The van der Waals surface area contributed by atoms with Gasteiger partial charge in [0.1, 0.15) is 10.8 Å². The third-order valence-corrected chi connectivity index (χ3v) is 3.65. The summed E-state index contributed by atoms with van der Waals surface area (Å²) in [4.78, 5) is 10.4. The fraction of sp³-hybridized carbons (Fsp3) is 0.667. The van der Waals surface area contributed by atoms with Crippen LogP contribution in [-0.4, -0.2) is 40.5 Å². The zero-order chi connectivity index (χ0) is 13.1. The molecular weight excluding hydrogens is 250 g/mol. The first-order chi connectivity index (χ1) is 8.56. The normalized spacial score (nSPS) is 20.6. The topological polar surface area (TPSA) is 67.1 Å². The Morgan fingerprint density at radius 3 is 3.06 bits per heavy atom. The Hall–Kier alpha value is -1.07. The first-order valence-corrected chi connectivity index (χ1v) is 6.70. The zero-order valence-electron chi connectivity index (χ0n) is 10.9. The molecule has 1 unspecified atom stereocenters. The molecule has 1 aliphatic rings. The Bertz CT molecular complexity index is 409. The second kappa shape index (κ2) is 5.71. The van der Waals surface area contributed by atoms with Crippen LogP contribution in [0.3, 0.4) is 0 Å². The van der Waals surface area contributed by atoms with Gasteiger partial charge in [-0.2, -0.15) is 4.98 Å². The molecule has 6 heteroatoms. The molecule has 3 N–H and O–H groups in total. The van der Waals surface area contributed by atoms with Crippen molar-refractivity contribution in [1.29, 1.82) is 0 Å². The summed E-state index contributed by atoms with van der Waals surface area (Å²) in [6.07, 6.45) is 2.74. The van der Waals surface area contributed by atoms with Crippen molar-refractivity contribution in [3.05, 3.63) is 11.2 Å². The van der Waals surface area contributed by atoms with Gasteiger partial charge in [0.2, 0.25) is 5.95 Å². The predicted octanol–water partition coefficient (Wildman–Crippen LogP) is 1.85. The molecule has 1 atom stereocenters. The Kier molecular flexibility index (Phi) is 4.24. The minimum absolute atomic E-state index is 0.247. The van der Waals surface area contributed by atoms with Gasteiger partial charge in [-0.05, 0) is 32.7 Å². The summed E-state index contributed by atoms with van der Waals surface area (Å²) in [5.74, 6) is 1.52. The van der Waals surface area contributed by atoms with E-state index in [1.54, 1.807) is 0 Å².